The van der Waals surface area contributed by atoms with Crippen LogP contribution in [0.15, 0.2) is 60.9 Å². The molecule has 6 rings (SSSR count). The van der Waals surface area contributed by atoms with Crippen LogP contribution in [-0.2, 0) is 45.1 Å². The molecule has 0 aliphatic carbocycles. The summed E-state index contributed by atoms with van der Waals surface area (Å²) in [5.74, 6) is 11.8. The van der Waals surface area contributed by atoms with E-state index in [1.54, 1.807) is 13.8 Å². The third-order valence-corrected chi connectivity index (χ3v) is 12.0. The normalized spacial score (nSPS) is 18.5. The summed E-state index contributed by atoms with van der Waals surface area (Å²) in [5, 5.41) is 8.06. The lowest BCUT2D eigenvalue weighted by atomic mass is 9.99. The fourth-order valence-electron chi connectivity index (χ4n) is 8.71. The Bertz CT molecular complexity index is 2150. The molecule has 4 amide bonds. The highest BCUT2D eigenvalue weighted by Crippen LogP contribution is 2.30. The number of amides is 4. The highest BCUT2D eigenvalue weighted by Gasteiger charge is 2.37. The van der Waals surface area contributed by atoms with Crippen LogP contribution in [0.1, 0.15) is 78.4 Å². The molecule has 4 heterocycles. The van der Waals surface area contributed by atoms with Gasteiger partial charge in [0, 0.05) is 59.4 Å². The van der Waals surface area contributed by atoms with Crippen molar-refractivity contribution in [3.8, 4) is 23.7 Å². The fourth-order valence-corrected chi connectivity index (χ4v) is 8.71. The van der Waals surface area contributed by atoms with Crippen molar-refractivity contribution in [2.45, 2.75) is 129 Å². The van der Waals surface area contributed by atoms with Gasteiger partial charge in [0.2, 0.25) is 23.6 Å². The first-order chi connectivity index (χ1) is 28.7. The van der Waals surface area contributed by atoms with E-state index in [-0.39, 0.29) is 47.5 Å². The van der Waals surface area contributed by atoms with Crippen LogP contribution in [0, 0.1) is 35.5 Å². The van der Waals surface area contributed by atoms with E-state index in [4.69, 9.17) is 11.5 Å². The molecule has 2 aromatic carbocycles. The molecule has 60 heavy (non-hydrogen) atoms. The average molecular weight is 815 g/mol. The Morgan fingerprint density at radius 1 is 0.633 bits per heavy atom. The number of nitrogens with one attached hydrogen (secondary N) is 2. The summed E-state index contributed by atoms with van der Waals surface area (Å²) in [4.78, 5) is 56.4. The zero-order valence-corrected chi connectivity index (χ0v) is 36.0. The number of benzene rings is 2. The Kier molecular flexibility index (Phi) is 14.4. The van der Waals surface area contributed by atoms with Crippen molar-refractivity contribution in [1.29, 1.82) is 0 Å². The van der Waals surface area contributed by atoms with Crippen molar-refractivity contribution in [3.63, 3.8) is 0 Å². The molecule has 12 heteroatoms. The lowest BCUT2D eigenvalue weighted by Gasteiger charge is -2.31. The fraction of sp³-hybridized carbons (Fsp3) is 0.500. The first kappa shape index (κ1) is 44.0. The Balaban J connectivity index is 1.12. The molecule has 2 aromatic heterocycles. The van der Waals surface area contributed by atoms with E-state index in [1.807, 2.05) is 61.8 Å². The molecule has 6 atom stereocenters. The molecule has 6 N–H and O–H groups in total. The minimum Gasteiger partial charge on any atom is -0.343 e. The van der Waals surface area contributed by atoms with Gasteiger partial charge in [0.1, 0.15) is 12.1 Å². The second-order valence-corrected chi connectivity index (χ2v) is 17.3. The van der Waals surface area contributed by atoms with Crippen LogP contribution in [0.4, 0.5) is 0 Å². The van der Waals surface area contributed by atoms with Crippen LogP contribution in [0.3, 0.4) is 0 Å². The number of hydrogen-bond acceptors (Lipinski definition) is 6. The van der Waals surface area contributed by atoms with E-state index in [0.29, 0.717) is 39.0 Å². The van der Waals surface area contributed by atoms with Crippen LogP contribution in [0.5, 0.6) is 0 Å². The summed E-state index contributed by atoms with van der Waals surface area (Å²) >= 11 is 0. The number of nitrogens with zero attached hydrogens (tertiary/aromatic N) is 4. The number of nitrogens with two attached hydrogens (primary N) is 2. The summed E-state index contributed by atoms with van der Waals surface area (Å²) in [5.41, 5.74) is 16.1. The molecular formula is C48H62N8O4. The molecule has 2 fully saturated rings. The molecular weight excluding hydrogens is 753 g/mol. The van der Waals surface area contributed by atoms with Gasteiger partial charge >= 0.3 is 0 Å². The topological polar surface area (TPSA) is 161 Å². The molecule has 2 saturated heterocycles. The van der Waals surface area contributed by atoms with Crippen LogP contribution >= 0.6 is 0 Å². The van der Waals surface area contributed by atoms with Crippen molar-refractivity contribution >= 4 is 45.4 Å². The van der Waals surface area contributed by atoms with Gasteiger partial charge in [-0.15, -0.1) is 0 Å². The van der Waals surface area contributed by atoms with Crippen molar-refractivity contribution in [2.75, 3.05) is 13.1 Å². The molecule has 0 radical (unpaired) electrons. The van der Waals surface area contributed by atoms with Crippen molar-refractivity contribution in [3.05, 3.63) is 72.1 Å². The maximum Gasteiger partial charge on any atom is 0.245 e. The van der Waals surface area contributed by atoms with Gasteiger partial charge in [-0.05, 0) is 99.3 Å². The summed E-state index contributed by atoms with van der Waals surface area (Å²) in [7, 11) is 0. The summed E-state index contributed by atoms with van der Waals surface area (Å²) in [6.07, 6.45) is 9.37. The number of fused-ring (bicyclic) bond motifs is 2. The van der Waals surface area contributed by atoms with Gasteiger partial charge < -0.3 is 41.0 Å². The standard InChI is InChI=1S/C48H62N8O4/c1-31(2)43(51-45(57)33(5)49)47(59)55-25-15-17-37(55)27-35-29-53(41-21-11-9-19-39(35)41)23-13-7-8-14-24-54-30-36(40-20-10-12-22-42(40)54)28-38-18-16-26-56(38)48(60)44(32(3)4)52-46(58)34(6)50/h9-12,19-22,29-34,37-38,43-44H,15-18,23-28,49-50H2,1-6H3,(H,51,57)(H,52,58)/t33-,34-,37-,38-,43-,44-/m0/s1. The summed E-state index contributed by atoms with van der Waals surface area (Å²) in [6, 6.07) is 14.0. The maximum atomic E-state index is 13.8. The van der Waals surface area contributed by atoms with Crippen molar-refractivity contribution in [2.24, 2.45) is 23.3 Å². The number of aromatic nitrogens is 2. The van der Waals surface area contributed by atoms with Gasteiger partial charge in [-0.25, -0.2) is 0 Å². The Morgan fingerprint density at radius 2 is 1.02 bits per heavy atom. The van der Waals surface area contributed by atoms with E-state index >= 15 is 0 Å². The molecule has 0 bridgehead atoms. The predicted octanol–water partition coefficient (Wildman–Crippen LogP) is 4.35. The summed E-state index contributed by atoms with van der Waals surface area (Å²) < 4.78 is 4.30. The number of rotatable bonds is 14. The van der Waals surface area contributed by atoms with Crippen molar-refractivity contribution in [1.82, 2.24) is 29.6 Å². The first-order valence-electron chi connectivity index (χ1n) is 21.6. The minimum absolute atomic E-state index is 0.0315. The number of carbonyl (C=O) groups is 4. The highest BCUT2D eigenvalue weighted by molar-refractivity contribution is 5.91. The van der Waals surface area contributed by atoms with Gasteiger partial charge in [0.25, 0.3) is 0 Å². The molecule has 2 aliphatic heterocycles. The average Bonchev–Trinajstić information content (AvgIpc) is 4.03. The molecule has 0 unspecified atom stereocenters. The monoisotopic (exact) mass is 814 g/mol. The lowest BCUT2D eigenvalue weighted by molar-refractivity contribution is -0.138. The van der Waals surface area contributed by atoms with Crippen LogP contribution < -0.4 is 22.1 Å². The van der Waals surface area contributed by atoms with Crippen LogP contribution in [0.25, 0.3) is 21.8 Å². The lowest BCUT2D eigenvalue weighted by Crippen LogP contribution is -2.55. The summed E-state index contributed by atoms with van der Waals surface area (Å²) in [6.45, 7) is 13.3. The zero-order valence-electron chi connectivity index (χ0n) is 36.0. The molecule has 318 valence electrons. The third-order valence-electron chi connectivity index (χ3n) is 12.0. The minimum atomic E-state index is -0.685. The quantitative estimate of drug-likeness (QED) is 0.139. The van der Waals surface area contributed by atoms with Gasteiger partial charge in [0.15, 0.2) is 0 Å². The second kappa shape index (κ2) is 19.7. The van der Waals surface area contributed by atoms with E-state index in [0.717, 1.165) is 58.6 Å². The van der Waals surface area contributed by atoms with Crippen LogP contribution in [-0.4, -0.2) is 91.9 Å². The van der Waals surface area contributed by atoms with E-state index in [1.165, 1.54) is 0 Å². The van der Waals surface area contributed by atoms with Crippen molar-refractivity contribution < 1.29 is 19.2 Å². The predicted molar refractivity (Wildman–Crippen MR) is 237 cm³/mol. The van der Waals surface area contributed by atoms with Gasteiger partial charge in [0.05, 0.1) is 25.2 Å². The van der Waals surface area contributed by atoms with E-state index in [2.05, 4.69) is 80.1 Å². The van der Waals surface area contributed by atoms with Crippen LogP contribution in [0.2, 0.25) is 0 Å². The van der Waals surface area contributed by atoms with Gasteiger partial charge in [-0.1, -0.05) is 75.9 Å². The first-order valence-corrected chi connectivity index (χ1v) is 21.6. The van der Waals surface area contributed by atoms with E-state index in [9.17, 15) is 19.2 Å². The Labute approximate surface area is 354 Å². The molecule has 2 aliphatic rings. The smallest absolute Gasteiger partial charge is 0.245 e. The Morgan fingerprint density at radius 3 is 1.38 bits per heavy atom. The SMILES string of the molecule is CC(C)[C@H](NC(=O)[C@H](C)N)C(=O)N1CCC[C@H]1Cc1cn(CC#CC#CCn2cc(C[C@@H]3CCCN3C(=O)[C@@H](NC(=O)[C@H](C)N)C(C)C)c3ccccc32)c2ccccc12. The maximum absolute atomic E-state index is 13.8. The highest BCUT2D eigenvalue weighted by atomic mass is 16.2. The number of hydrogen-bond donors (Lipinski definition) is 4. The molecule has 0 spiro atoms. The number of para-hydroxylation sites is 2. The number of likely N-dealkylation sites (tertiary alicyclic amines) is 2. The zero-order chi connectivity index (χ0) is 43.1. The van der Waals surface area contributed by atoms with Gasteiger partial charge in [-0.2, -0.15) is 0 Å². The third kappa shape index (κ3) is 10.1. The number of carbonyl (C=O) groups excluding carboxylic acids is 4. The largest absolute Gasteiger partial charge is 0.343 e. The molecule has 0 saturated carbocycles. The molecule has 4 aromatic rings. The van der Waals surface area contributed by atoms with E-state index < -0.39 is 24.2 Å². The second-order valence-electron chi connectivity index (χ2n) is 17.3. The Hall–Kier alpha value is -5.56. The molecule has 12 nitrogen and oxygen atoms in total. The van der Waals surface area contributed by atoms with Gasteiger partial charge in [-0.3, -0.25) is 19.2 Å².